The van der Waals surface area contributed by atoms with Crippen LogP contribution in [0.4, 0.5) is 10.2 Å². The molecule has 4 aromatic rings. The monoisotopic (exact) mass is 374 g/mol. The van der Waals surface area contributed by atoms with Crippen LogP contribution in [0.5, 0.6) is 0 Å². The van der Waals surface area contributed by atoms with Gasteiger partial charge >= 0.3 is 0 Å². The fourth-order valence-electron chi connectivity index (χ4n) is 3.80. The van der Waals surface area contributed by atoms with Crippen LogP contribution in [-0.4, -0.2) is 31.4 Å². The summed E-state index contributed by atoms with van der Waals surface area (Å²) in [5.41, 5.74) is 11.1. The number of hydrogen-bond acceptors (Lipinski definition) is 5. The molecule has 0 aliphatic carbocycles. The third kappa shape index (κ3) is 2.76. The largest absolute Gasteiger partial charge is 0.382 e. The summed E-state index contributed by atoms with van der Waals surface area (Å²) in [6.45, 7) is 5.79. The summed E-state index contributed by atoms with van der Waals surface area (Å²) in [7, 11) is 0. The first-order valence-electron chi connectivity index (χ1n) is 9.20. The van der Waals surface area contributed by atoms with E-state index in [-0.39, 0.29) is 5.82 Å². The molecule has 0 atom stereocenters. The zero-order valence-corrected chi connectivity index (χ0v) is 15.2. The number of nitrogens with one attached hydrogen (secondary N) is 1. The number of fused-ring (bicyclic) bond motifs is 3. The molecule has 28 heavy (non-hydrogen) atoms. The minimum atomic E-state index is -0.374. The number of H-pyrrole nitrogens is 1. The molecule has 0 bridgehead atoms. The summed E-state index contributed by atoms with van der Waals surface area (Å²) < 4.78 is 13.5. The Labute approximate surface area is 160 Å². The van der Waals surface area contributed by atoms with Crippen molar-refractivity contribution in [3.05, 3.63) is 60.6 Å². The van der Waals surface area contributed by atoms with Crippen LogP contribution >= 0.6 is 0 Å². The molecule has 3 aromatic heterocycles. The van der Waals surface area contributed by atoms with Gasteiger partial charge in [0.25, 0.3) is 0 Å². The Hall–Kier alpha value is -3.48. The van der Waals surface area contributed by atoms with E-state index >= 15 is 0 Å². The van der Waals surface area contributed by atoms with Crippen LogP contribution in [0.3, 0.4) is 0 Å². The Morgan fingerprint density at radius 1 is 1.18 bits per heavy atom. The van der Waals surface area contributed by atoms with E-state index in [0.29, 0.717) is 17.9 Å². The highest BCUT2D eigenvalue weighted by molar-refractivity contribution is 6.07. The van der Waals surface area contributed by atoms with Gasteiger partial charge in [0, 0.05) is 29.4 Å². The summed E-state index contributed by atoms with van der Waals surface area (Å²) >= 11 is 0. The molecule has 0 unspecified atom stereocenters. The number of nitrogens with two attached hydrogens (primary N) is 1. The minimum absolute atomic E-state index is 0.374. The normalized spacial score (nSPS) is 14.5. The van der Waals surface area contributed by atoms with Crippen molar-refractivity contribution in [3.63, 3.8) is 0 Å². The molecule has 0 amide bonds. The fraction of sp³-hybridized carbons (Fsp3) is 0.190. The molecule has 0 saturated carbocycles. The highest BCUT2D eigenvalue weighted by Crippen LogP contribution is 2.30. The predicted octanol–water partition coefficient (Wildman–Crippen LogP) is 4.00. The second-order valence-electron chi connectivity index (χ2n) is 7.12. The first-order chi connectivity index (χ1) is 13.6. The third-order valence-corrected chi connectivity index (χ3v) is 5.22. The van der Waals surface area contributed by atoms with Crippen LogP contribution in [0.25, 0.3) is 33.1 Å². The maximum Gasteiger partial charge on any atom is 0.150 e. The lowest BCUT2D eigenvalue weighted by molar-refractivity contribution is 0.378. The summed E-state index contributed by atoms with van der Waals surface area (Å²) in [4.78, 5) is 18.8. The highest BCUT2D eigenvalue weighted by Gasteiger charge is 2.18. The lowest BCUT2D eigenvalue weighted by Gasteiger charge is -2.16. The molecule has 0 radical (unpaired) electrons. The maximum absolute atomic E-state index is 13.5. The number of anilines is 1. The van der Waals surface area contributed by atoms with Crippen LogP contribution in [0.2, 0.25) is 0 Å². The zero-order chi connectivity index (χ0) is 19.3. The zero-order valence-electron chi connectivity index (χ0n) is 15.2. The lowest BCUT2D eigenvalue weighted by atomic mass is 10.0. The van der Waals surface area contributed by atoms with Crippen LogP contribution in [-0.2, 0) is 6.54 Å². The number of benzene rings is 1. The van der Waals surface area contributed by atoms with Gasteiger partial charge in [-0.2, -0.15) is 0 Å². The molecule has 1 saturated heterocycles. The van der Waals surface area contributed by atoms with E-state index in [0.717, 1.165) is 58.4 Å². The number of allylic oxidation sites excluding steroid dienone is 1. The summed E-state index contributed by atoms with van der Waals surface area (Å²) in [5.74, 6) is 0.870. The molecule has 7 heteroatoms. The molecule has 0 spiro atoms. The van der Waals surface area contributed by atoms with Crippen molar-refractivity contribution in [3.8, 4) is 11.1 Å². The van der Waals surface area contributed by atoms with Gasteiger partial charge in [-0.1, -0.05) is 12.6 Å². The Morgan fingerprint density at radius 2 is 2.07 bits per heavy atom. The number of nitrogens with zero attached hydrogens (tertiary/aromatic N) is 4. The van der Waals surface area contributed by atoms with Gasteiger partial charge in [-0.3, -0.25) is 4.98 Å². The minimum Gasteiger partial charge on any atom is -0.382 e. The van der Waals surface area contributed by atoms with Gasteiger partial charge in [-0.15, -0.1) is 0 Å². The number of aromatic amines is 1. The van der Waals surface area contributed by atoms with Gasteiger partial charge in [0.05, 0.1) is 18.3 Å². The molecule has 1 aliphatic rings. The molecule has 4 heterocycles. The van der Waals surface area contributed by atoms with Crippen LogP contribution < -0.4 is 5.73 Å². The van der Waals surface area contributed by atoms with Gasteiger partial charge in [0.2, 0.25) is 0 Å². The standard InChI is InChI=1S/C21H19FN6/c1-12-3-2-6-28(12)11-18-26-19-16-5-4-13(14-7-15(22)10-24-9-14)8-17(16)25-21(23)20(19)27-18/h4-5,7-10H,1-3,6,11H2,(H2,23,25)(H,26,27). The molecule has 140 valence electrons. The second-order valence-corrected chi connectivity index (χ2v) is 7.12. The number of rotatable bonds is 3. The van der Waals surface area contributed by atoms with Gasteiger partial charge in [0.1, 0.15) is 28.5 Å². The van der Waals surface area contributed by atoms with E-state index in [2.05, 4.69) is 26.4 Å². The first kappa shape index (κ1) is 16.7. The third-order valence-electron chi connectivity index (χ3n) is 5.22. The lowest BCUT2D eigenvalue weighted by Crippen LogP contribution is -2.17. The van der Waals surface area contributed by atoms with Crippen molar-refractivity contribution >= 4 is 27.8 Å². The van der Waals surface area contributed by atoms with Crippen molar-refractivity contribution in [1.82, 2.24) is 24.8 Å². The average molecular weight is 374 g/mol. The first-order valence-corrected chi connectivity index (χ1v) is 9.20. The highest BCUT2D eigenvalue weighted by atomic mass is 19.1. The maximum atomic E-state index is 13.5. The van der Waals surface area contributed by atoms with Crippen LogP contribution in [0.15, 0.2) is 48.9 Å². The van der Waals surface area contributed by atoms with E-state index in [4.69, 9.17) is 10.7 Å². The van der Waals surface area contributed by atoms with Crippen LogP contribution in [0.1, 0.15) is 18.7 Å². The smallest absolute Gasteiger partial charge is 0.150 e. The van der Waals surface area contributed by atoms with Crippen LogP contribution in [0, 0.1) is 5.82 Å². The molecule has 5 rings (SSSR count). The number of hydrogen-bond donors (Lipinski definition) is 2. The van der Waals surface area contributed by atoms with Crippen molar-refractivity contribution in [1.29, 1.82) is 0 Å². The van der Waals surface area contributed by atoms with Crippen molar-refractivity contribution in [2.45, 2.75) is 19.4 Å². The van der Waals surface area contributed by atoms with Gasteiger partial charge in [-0.25, -0.2) is 14.4 Å². The number of halogens is 1. The molecule has 3 N–H and O–H groups in total. The average Bonchev–Trinajstić information content (AvgIpc) is 3.29. The van der Waals surface area contributed by atoms with E-state index in [1.54, 1.807) is 6.20 Å². The Balaban J connectivity index is 1.60. The number of likely N-dealkylation sites (tertiary alicyclic amines) is 1. The SMILES string of the molecule is C=C1CCCN1Cc1nc2c([nH]1)c(N)nc1cc(-c3cncc(F)c3)ccc12. The van der Waals surface area contributed by atoms with E-state index in [1.165, 1.54) is 12.3 Å². The van der Waals surface area contributed by atoms with E-state index < -0.39 is 0 Å². The molecule has 1 fully saturated rings. The number of imidazole rings is 1. The van der Waals surface area contributed by atoms with Crippen molar-refractivity contribution < 1.29 is 4.39 Å². The molecular weight excluding hydrogens is 355 g/mol. The van der Waals surface area contributed by atoms with E-state index in [1.807, 2.05) is 18.2 Å². The fourth-order valence-corrected chi connectivity index (χ4v) is 3.80. The quantitative estimate of drug-likeness (QED) is 0.566. The Kier molecular flexibility index (Phi) is 3.75. The van der Waals surface area contributed by atoms with Gasteiger partial charge in [-0.05, 0) is 36.6 Å². The molecule has 1 aromatic carbocycles. The second kappa shape index (κ2) is 6.30. The van der Waals surface area contributed by atoms with Gasteiger partial charge in [0.15, 0.2) is 0 Å². The van der Waals surface area contributed by atoms with E-state index in [9.17, 15) is 4.39 Å². The molecule has 1 aliphatic heterocycles. The Morgan fingerprint density at radius 3 is 2.86 bits per heavy atom. The molecule has 6 nitrogen and oxygen atoms in total. The Bertz CT molecular complexity index is 1230. The number of pyridine rings is 2. The summed E-state index contributed by atoms with van der Waals surface area (Å²) in [6.07, 6.45) is 4.97. The topological polar surface area (TPSA) is 83.7 Å². The summed E-state index contributed by atoms with van der Waals surface area (Å²) in [5, 5.41) is 0.903. The number of nitrogen functional groups attached to an aromatic ring is 1. The number of aromatic nitrogens is 4. The molecular formula is C21H19FN6. The van der Waals surface area contributed by atoms with Gasteiger partial charge < -0.3 is 15.6 Å². The summed E-state index contributed by atoms with van der Waals surface area (Å²) in [6, 6.07) is 7.21. The van der Waals surface area contributed by atoms with Crippen molar-refractivity contribution in [2.24, 2.45) is 0 Å². The predicted molar refractivity (Wildman–Crippen MR) is 108 cm³/mol. The van der Waals surface area contributed by atoms with Crippen molar-refractivity contribution in [2.75, 3.05) is 12.3 Å².